The molecule has 0 atom stereocenters. The second-order valence-corrected chi connectivity index (χ2v) is 5.66. The zero-order valence-corrected chi connectivity index (χ0v) is 13.5. The molecule has 0 aromatic carbocycles. The third-order valence-corrected chi connectivity index (χ3v) is 4.06. The van der Waals surface area contributed by atoms with Gasteiger partial charge in [0.1, 0.15) is 11.5 Å². The van der Waals surface area contributed by atoms with Crippen LogP contribution >= 0.6 is 15.9 Å². The van der Waals surface area contributed by atoms with Crippen molar-refractivity contribution in [3.8, 4) is 0 Å². The molecule has 4 nitrogen and oxygen atoms in total. The van der Waals surface area contributed by atoms with Crippen LogP contribution in [0.15, 0.2) is 21.0 Å². The van der Waals surface area contributed by atoms with E-state index < -0.39 is 0 Å². The average molecular weight is 326 g/mol. The van der Waals surface area contributed by atoms with Gasteiger partial charge in [0.05, 0.1) is 22.4 Å². The Kier molecular flexibility index (Phi) is 4.47. The van der Waals surface area contributed by atoms with E-state index in [1.54, 1.807) is 0 Å². The van der Waals surface area contributed by atoms with Crippen molar-refractivity contribution < 1.29 is 4.42 Å². The highest BCUT2D eigenvalue weighted by molar-refractivity contribution is 9.10. The molecule has 2 rings (SSSR count). The lowest BCUT2D eigenvalue weighted by Gasteiger charge is -2.15. The highest BCUT2D eigenvalue weighted by atomic mass is 79.9. The van der Waals surface area contributed by atoms with Crippen LogP contribution in [0.2, 0.25) is 0 Å². The van der Waals surface area contributed by atoms with E-state index in [2.05, 4.69) is 39.9 Å². The van der Waals surface area contributed by atoms with Gasteiger partial charge >= 0.3 is 0 Å². The van der Waals surface area contributed by atoms with Crippen LogP contribution in [0.3, 0.4) is 0 Å². The Morgan fingerprint density at radius 1 is 1.37 bits per heavy atom. The van der Waals surface area contributed by atoms with E-state index in [1.165, 1.54) is 5.69 Å². The molecule has 2 heterocycles. The van der Waals surface area contributed by atoms with Gasteiger partial charge in [-0.2, -0.15) is 5.10 Å². The van der Waals surface area contributed by atoms with Gasteiger partial charge in [0.2, 0.25) is 0 Å². The molecule has 0 bridgehead atoms. The van der Waals surface area contributed by atoms with Crippen molar-refractivity contribution in [2.24, 2.45) is 7.05 Å². The lowest BCUT2D eigenvalue weighted by atomic mass is 10.3. The minimum atomic E-state index is 0.799. The van der Waals surface area contributed by atoms with E-state index in [-0.39, 0.29) is 0 Å². The minimum Gasteiger partial charge on any atom is -0.465 e. The van der Waals surface area contributed by atoms with Crippen LogP contribution in [0.1, 0.15) is 29.8 Å². The predicted molar refractivity (Wildman–Crippen MR) is 78.9 cm³/mol. The molecule has 0 saturated carbocycles. The molecule has 0 saturated heterocycles. The van der Waals surface area contributed by atoms with Crippen molar-refractivity contribution in [3.63, 3.8) is 0 Å². The van der Waals surface area contributed by atoms with Crippen LogP contribution in [-0.2, 0) is 26.6 Å². The van der Waals surface area contributed by atoms with E-state index in [9.17, 15) is 0 Å². The van der Waals surface area contributed by atoms with Gasteiger partial charge in [-0.25, -0.2) is 0 Å². The number of furan rings is 1. The van der Waals surface area contributed by atoms with Gasteiger partial charge in [-0.1, -0.05) is 6.92 Å². The maximum absolute atomic E-state index is 5.60. The molecule has 0 radical (unpaired) electrons. The third kappa shape index (κ3) is 3.28. The Hall–Kier alpha value is -1.07. The highest BCUT2D eigenvalue weighted by Gasteiger charge is 2.14. The number of halogens is 1. The summed E-state index contributed by atoms with van der Waals surface area (Å²) in [4.78, 5) is 2.22. The molecule has 0 unspecified atom stereocenters. The first-order chi connectivity index (χ1) is 9.01. The topological polar surface area (TPSA) is 34.2 Å². The summed E-state index contributed by atoms with van der Waals surface area (Å²) in [5.74, 6) is 1.95. The molecule has 0 aliphatic carbocycles. The molecule has 104 valence electrons. The number of hydrogen-bond donors (Lipinski definition) is 0. The summed E-state index contributed by atoms with van der Waals surface area (Å²) in [5, 5.41) is 4.51. The van der Waals surface area contributed by atoms with Crippen molar-refractivity contribution in [2.75, 3.05) is 7.05 Å². The predicted octanol–water partition coefficient (Wildman–Crippen LogP) is 3.28. The van der Waals surface area contributed by atoms with Crippen LogP contribution in [0.25, 0.3) is 0 Å². The molecular formula is C14H20BrN3O. The molecule has 5 heteroatoms. The van der Waals surface area contributed by atoms with Crippen LogP contribution in [0.5, 0.6) is 0 Å². The molecule has 19 heavy (non-hydrogen) atoms. The minimum absolute atomic E-state index is 0.799. The largest absolute Gasteiger partial charge is 0.465 e. The zero-order chi connectivity index (χ0) is 14.0. The Morgan fingerprint density at radius 2 is 2.11 bits per heavy atom. The summed E-state index contributed by atoms with van der Waals surface area (Å²) in [6, 6.07) is 4.03. The number of rotatable bonds is 5. The average Bonchev–Trinajstić information content (AvgIpc) is 2.87. The molecule has 0 N–H and O–H groups in total. The first-order valence-corrected chi connectivity index (χ1v) is 7.24. The summed E-state index contributed by atoms with van der Waals surface area (Å²) < 4.78 is 8.68. The van der Waals surface area contributed by atoms with Gasteiger partial charge in [0.25, 0.3) is 0 Å². The number of aromatic nitrogens is 2. The third-order valence-electron chi connectivity index (χ3n) is 3.14. The molecule has 0 fully saturated rings. The van der Waals surface area contributed by atoms with E-state index in [1.807, 2.05) is 30.8 Å². The summed E-state index contributed by atoms with van der Waals surface area (Å²) >= 11 is 3.65. The molecule has 2 aromatic rings. The number of aryl methyl sites for hydroxylation is 3. The van der Waals surface area contributed by atoms with Gasteiger partial charge in [0.15, 0.2) is 0 Å². The normalized spacial score (nSPS) is 11.5. The first-order valence-electron chi connectivity index (χ1n) is 6.45. The second kappa shape index (κ2) is 5.92. The van der Waals surface area contributed by atoms with Crippen molar-refractivity contribution in [2.45, 2.75) is 33.4 Å². The Labute approximate surface area is 122 Å². The summed E-state index contributed by atoms with van der Waals surface area (Å²) in [6.45, 7) is 5.72. The maximum Gasteiger partial charge on any atom is 0.118 e. The smallest absolute Gasteiger partial charge is 0.118 e. The maximum atomic E-state index is 5.60. The van der Waals surface area contributed by atoms with Crippen LogP contribution in [0.4, 0.5) is 0 Å². The Balaban J connectivity index is 2.06. The Bertz CT molecular complexity index is 559. The fourth-order valence-electron chi connectivity index (χ4n) is 2.14. The van der Waals surface area contributed by atoms with Crippen LogP contribution in [-0.4, -0.2) is 21.7 Å². The first kappa shape index (κ1) is 14.3. The summed E-state index contributed by atoms with van der Waals surface area (Å²) in [7, 11) is 4.08. The monoisotopic (exact) mass is 325 g/mol. The fourth-order valence-corrected chi connectivity index (χ4v) is 2.88. The highest BCUT2D eigenvalue weighted by Crippen LogP contribution is 2.23. The molecule has 0 amide bonds. The SMILES string of the molecule is CCc1nn(C)c(CN(C)Cc2ccc(C)o2)c1Br. The van der Waals surface area contributed by atoms with Crippen LogP contribution < -0.4 is 0 Å². The van der Waals surface area contributed by atoms with Gasteiger partial charge in [-0.15, -0.1) is 0 Å². The van der Waals surface area contributed by atoms with E-state index in [0.717, 1.165) is 41.2 Å². The molecular weight excluding hydrogens is 306 g/mol. The zero-order valence-electron chi connectivity index (χ0n) is 11.9. The standard InChI is InChI=1S/C14H20BrN3O/c1-5-12-14(15)13(18(4)16-12)9-17(3)8-11-7-6-10(2)19-11/h6-7H,5,8-9H2,1-4H3. The fraction of sp³-hybridized carbons (Fsp3) is 0.500. The van der Waals surface area contributed by atoms with Crippen molar-refractivity contribution >= 4 is 15.9 Å². The summed E-state index contributed by atoms with van der Waals surface area (Å²) in [6.07, 6.45) is 0.940. The number of hydrogen-bond acceptors (Lipinski definition) is 3. The van der Waals surface area contributed by atoms with Gasteiger partial charge in [0, 0.05) is 13.6 Å². The van der Waals surface area contributed by atoms with E-state index >= 15 is 0 Å². The Morgan fingerprint density at radius 3 is 2.63 bits per heavy atom. The molecule has 0 aliphatic heterocycles. The van der Waals surface area contributed by atoms with Gasteiger partial charge in [-0.05, 0) is 48.5 Å². The number of nitrogens with zero attached hydrogens (tertiary/aromatic N) is 3. The second-order valence-electron chi connectivity index (χ2n) is 4.87. The van der Waals surface area contributed by atoms with Gasteiger partial charge < -0.3 is 4.42 Å². The van der Waals surface area contributed by atoms with Gasteiger partial charge in [-0.3, -0.25) is 9.58 Å². The van der Waals surface area contributed by atoms with Crippen molar-refractivity contribution in [3.05, 3.63) is 39.5 Å². The quantitative estimate of drug-likeness (QED) is 0.846. The lowest BCUT2D eigenvalue weighted by Crippen LogP contribution is -2.19. The van der Waals surface area contributed by atoms with Crippen molar-refractivity contribution in [1.82, 2.24) is 14.7 Å². The summed E-state index contributed by atoms with van der Waals surface area (Å²) in [5.41, 5.74) is 2.31. The van der Waals surface area contributed by atoms with E-state index in [4.69, 9.17) is 4.42 Å². The molecule has 0 aliphatic rings. The molecule has 0 spiro atoms. The van der Waals surface area contributed by atoms with Crippen LogP contribution in [0, 0.1) is 6.92 Å². The van der Waals surface area contributed by atoms with Crippen molar-refractivity contribution in [1.29, 1.82) is 0 Å². The molecule has 2 aromatic heterocycles. The van der Waals surface area contributed by atoms with E-state index in [0.29, 0.717) is 0 Å². The lowest BCUT2D eigenvalue weighted by molar-refractivity contribution is 0.278.